The fourth-order valence-corrected chi connectivity index (χ4v) is 1.97. The van der Waals surface area contributed by atoms with Crippen LogP contribution in [0, 0.1) is 0 Å². The lowest BCUT2D eigenvalue weighted by molar-refractivity contribution is -0.142. The van der Waals surface area contributed by atoms with Crippen LogP contribution >= 0.6 is 0 Å². The highest BCUT2D eigenvalue weighted by molar-refractivity contribution is 5.93. The first-order chi connectivity index (χ1) is 11.6. The Hall–Kier alpha value is -2.49. The molecule has 4 nitrogen and oxygen atoms in total. The van der Waals surface area contributed by atoms with Gasteiger partial charge in [-0.1, -0.05) is 0 Å². The molecular formula is C15H12F6N2O2. The summed E-state index contributed by atoms with van der Waals surface area (Å²) < 4.78 is 81.6. The summed E-state index contributed by atoms with van der Waals surface area (Å²) in [6.45, 7) is -0.182. The molecule has 1 aromatic carbocycles. The highest BCUT2D eigenvalue weighted by Gasteiger charge is 2.38. The maximum atomic E-state index is 13.0. The fourth-order valence-electron chi connectivity index (χ4n) is 1.97. The van der Waals surface area contributed by atoms with Crippen molar-refractivity contribution in [2.45, 2.75) is 18.9 Å². The number of amides is 1. The molecule has 0 unspecified atom stereocenters. The van der Waals surface area contributed by atoms with Gasteiger partial charge < -0.3 is 15.1 Å². The molecule has 136 valence electrons. The van der Waals surface area contributed by atoms with Crippen LogP contribution in [0.15, 0.2) is 41.0 Å². The Bertz CT molecular complexity index is 723. The lowest BCUT2D eigenvalue weighted by Crippen LogP contribution is -2.28. The summed E-state index contributed by atoms with van der Waals surface area (Å²) in [5.74, 6) is -0.324. The lowest BCUT2D eigenvalue weighted by atomic mass is 10.1. The van der Waals surface area contributed by atoms with Crippen LogP contribution in [-0.4, -0.2) is 12.5 Å². The third-order valence-electron chi connectivity index (χ3n) is 3.09. The number of alkyl halides is 6. The summed E-state index contributed by atoms with van der Waals surface area (Å²) in [6, 6.07) is 4.26. The molecule has 0 spiro atoms. The van der Waals surface area contributed by atoms with E-state index in [2.05, 4.69) is 5.32 Å². The molecule has 2 rings (SSSR count). The molecule has 0 aliphatic heterocycles. The number of carbonyl (C=O) groups excluding carboxylic acids is 1. The molecule has 1 heterocycles. The highest BCUT2D eigenvalue weighted by Crippen LogP contribution is 2.39. The van der Waals surface area contributed by atoms with Crippen molar-refractivity contribution in [2.75, 3.05) is 11.9 Å². The van der Waals surface area contributed by atoms with E-state index in [9.17, 15) is 31.1 Å². The van der Waals surface area contributed by atoms with E-state index in [1.165, 1.54) is 6.26 Å². The topological polar surface area (TPSA) is 54.3 Å². The van der Waals surface area contributed by atoms with E-state index in [1.54, 1.807) is 12.1 Å². The van der Waals surface area contributed by atoms with Crippen molar-refractivity contribution in [3.8, 4) is 0 Å². The number of benzene rings is 1. The summed E-state index contributed by atoms with van der Waals surface area (Å²) in [5.41, 5.74) is -3.76. The summed E-state index contributed by atoms with van der Waals surface area (Å²) >= 11 is 0. The number of furan rings is 1. The molecule has 0 saturated carbocycles. The van der Waals surface area contributed by atoms with Crippen LogP contribution in [0.25, 0.3) is 0 Å². The molecule has 0 radical (unpaired) electrons. The molecule has 0 fully saturated rings. The van der Waals surface area contributed by atoms with E-state index in [1.807, 2.05) is 5.32 Å². The Kier molecular flexibility index (Phi) is 5.41. The largest absolute Gasteiger partial charge is 0.468 e. The molecule has 1 aromatic heterocycles. The van der Waals surface area contributed by atoms with Gasteiger partial charge in [-0.05, 0) is 30.3 Å². The Morgan fingerprint density at radius 1 is 1.04 bits per heavy atom. The smallest absolute Gasteiger partial charge is 0.418 e. The van der Waals surface area contributed by atoms with E-state index < -0.39 is 35.1 Å². The second kappa shape index (κ2) is 7.18. The average molecular weight is 366 g/mol. The van der Waals surface area contributed by atoms with Crippen LogP contribution in [0.5, 0.6) is 0 Å². The number of carbonyl (C=O) groups is 1. The van der Waals surface area contributed by atoms with Gasteiger partial charge in [-0.15, -0.1) is 0 Å². The number of hydrogen-bond donors (Lipinski definition) is 2. The molecule has 0 atom stereocenters. The van der Waals surface area contributed by atoms with Crippen LogP contribution in [0.2, 0.25) is 0 Å². The van der Waals surface area contributed by atoms with Gasteiger partial charge in [-0.2, -0.15) is 26.3 Å². The van der Waals surface area contributed by atoms with Crippen molar-refractivity contribution in [1.82, 2.24) is 5.32 Å². The lowest BCUT2D eigenvalue weighted by Gasteiger charge is -2.16. The molecule has 10 heteroatoms. The van der Waals surface area contributed by atoms with Crippen molar-refractivity contribution in [3.05, 3.63) is 53.5 Å². The maximum absolute atomic E-state index is 13.0. The van der Waals surface area contributed by atoms with Gasteiger partial charge in [0.05, 0.1) is 36.2 Å². The van der Waals surface area contributed by atoms with Crippen molar-refractivity contribution < 1.29 is 35.6 Å². The number of hydrogen-bond acceptors (Lipinski definition) is 3. The fraction of sp³-hybridized carbons (Fsp3) is 0.267. The first-order valence-corrected chi connectivity index (χ1v) is 6.89. The van der Waals surface area contributed by atoms with Gasteiger partial charge in [0, 0.05) is 0 Å². The molecule has 2 N–H and O–H groups in total. The van der Waals surface area contributed by atoms with Gasteiger partial charge in [-0.25, -0.2) is 0 Å². The van der Waals surface area contributed by atoms with E-state index in [0.717, 1.165) is 0 Å². The molecule has 1 amide bonds. The third-order valence-corrected chi connectivity index (χ3v) is 3.09. The van der Waals surface area contributed by atoms with E-state index in [0.29, 0.717) is 17.9 Å². The zero-order valence-corrected chi connectivity index (χ0v) is 12.5. The Morgan fingerprint density at radius 2 is 1.76 bits per heavy atom. The quantitative estimate of drug-likeness (QED) is 0.786. The minimum Gasteiger partial charge on any atom is -0.468 e. The zero-order chi connectivity index (χ0) is 18.7. The highest BCUT2D eigenvalue weighted by atomic mass is 19.4. The number of nitrogens with one attached hydrogen (secondary N) is 2. The van der Waals surface area contributed by atoms with E-state index in [-0.39, 0.29) is 19.2 Å². The molecule has 0 aliphatic carbocycles. The van der Waals surface area contributed by atoms with E-state index >= 15 is 0 Å². The van der Waals surface area contributed by atoms with E-state index in [4.69, 9.17) is 4.42 Å². The Morgan fingerprint density at radius 3 is 2.32 bits per heavy atom. The standard InChI is InChI=1S/C15H12F6N2O2/c16-14(17,18)9-3-4-12(11(6-9)15(19,20)21)23-13(24)8-22-7-10-2-1-5-25-10/h1-6,22H,7-8H2,(H,23,24). The Balaban J connectivity index is 2.08. The minimum absolute atomic E-state index is 0.0358. The molecule has 0 saturated heterocycles. The van der Waals surface area contributed by atoms with Crippen LogP contribution in [0.3, 0.4) is 0 Å². The molecule has 0 aliphatic rings. The summed E-state index contributed by atoms with van der Waals surface area (Å²) in [4.78, 5) is 11.7. The van der Waals surface area contributed by atoms with Crippen LogP contribution in [0.4, 0.5) is 32.0 Å². The number of rotatable bonds is 5. The van der Waals surface area contributed by atoms with Gasteiger partial charge in [-0.3, -0.25) is 4.79 Å². The SMILES string of the molecule is O=C(CNCc1ccco1)Nc1ccc(C(F)(F)F)cc1C(F)(F)F. The molecule has 0 bridgehead atoms. The van der Waals surface area contributed by atoms with Crippen LogP contribution < -0.4 is 10.6 Å². The Labute approximate surface area is 137 Å². The van der Waals surface area contributed by atoms with Crippen molar-refractivity contribution in [1.29, 1.82) is 0 Å². The predicted molar refractivity (Wildman–Crippen MR) is 75.5 cm³/mol. The predicted octanol–water partition coefficient (Wildman–Crippen LogP) is 4.05. The van der Waals surface area contributed by atoms with Crippen LogP contribution in [0.1, 0.15) is 16.9 Å². The van der Waals surface area contributed by atoms with Crippen molar-refractivity contribution in [2.24, 2.45) is 0 Å². The van der Waals surface area contributed by atoms with Crippen LogP contribution in [-0.2, 0) is 23.7 Å². The number of halogens is 6. The van der Waals surface area contributed by atoms with Gasteiger partial charge in [0.1, 0.15) is 5.76 Å². The van der Waals surface area contributed by atoms with Crippen molar-refractivity contribution in [3.63, 3.8) is 0 Å². The monoisotopic (exact) mass is 366 g/mol. The minimum atomic E-state index is -5.05. The second-order valence-corrected chi connectivity index (χ2v) is 4.99. The van der Waals surface area contributed by atoms with Gasteiger partial charge in [0.15, 0.2) is 0 Å². The summed E-state index contributed by atoms with van der Waals surface area (Å²) in [5, 5.41) is 4.59. The normalized spacial score (nSPS) is 12.2. The molecular weight excluding hydrogens is 354 g/mol. The number of anilines is 1. The zero-order valence-electron chi connectivity index (χ0n) is 12.5. The van der Waals surface area contributed by atoms with Gasteiger partial charge >= 0.3 is 12.4 Å². The maximum Gasteiger partial charge on any atom is 0.418 e. The molecule has 25 heavy (non-hydrogen) atoms. The first-order valence-electron chi connectivity index (χ1n) is 6.89. The molecule has 2 aromatic rings. The van der Waals surface area contributed by atoms with Gasteiger partial charge in [0.25, 0.3) is 0 Å². The van der Waals surface area contributed by atoms with Gasteiger partial charge in [0.2, 0.25) is 5.91 Å². The second-order valence-electron chi connectivity index (χ2n) is 4.99. The van der Waals surface area contributed by atoms with Crippen molar-refractivity contribution >= 4 is 11.6 Å². The first kappa shape index (κ1) is 18.8. The average Bonchev–Trinajstić information content (AvgIpc) is 2.98. The summed E-state index contributed by atoms with van der Waals surface area (Å²) in [7, 11) is 0. The summed E-state index contributed by atoms with van der Waals surface area (Å²) in [6.07, 6.45) is -8.56. The third kappa shape index (κ3) is 5.24.